The van der Waals surface area contributed by atoms with Crippen LogP contribution in [0.4, 0.5) is 0 Å². The summed E-state index contributed by atoms with van der Waals surface area (Å²) in [5, 5.41) is 13.4. The summed E-state index contributed by atoms with van der Waals surface area (Å²) in [6.07, 6.45) is 5.17. The van der Waals surface area contributed by atoms with Crippen molar-refractivity contribution in [1.29, 1.82) is 0 Å². The number of nitrogens with one attached hydrogen (secondary N) is 1. The third-order valence-electron chi connectivity index (χ3n) is 4.63. The van der Waals surface area contributed by atoms with Gasteiger partial charge in [-0.25, -0.2) is 0 Å². The van der Waals surface area contributed by atoms with Crippen LogP contribution in [0.2, 0.25) is 10.0 Å². The van der Waals surface area contributed by atoms with Crippen LogP contribution in [0.5, 0.6) is 5.75 Å². The highest BCUT2D eigenvalue weighted by atomic mass is 35.5. The Morgan fingerprint density at radius 1 is 1.10 bits per heavy atom. The van der Waals surface area contributed by atoms with Gasteiger partial charge in [0.1, 0.15) is 17.1 Å². The lowest BCUT2D eigenvalue weighted by molar-refractivity contribution is 0.0958. The molecule has 1 heterocycles. The van der Waals surface area contributed by atoms with E-state index >= 15 is 0 Å². The maximum absolute atomic E-state index is 12.1. The van der Waals surface area contributed by atoms with E-state index in [1.165, 1.54) is 18.2 Å². The Kier molecular flexibility index (Phi) is 5.13. The molecule has 30 heavy (non-hydrogen) atoms. The van der Waals surface area contributed by atoms with Crippen molar-refractivity contribution in [2.75, 3.05) is 6.54 Å². The van der Waals surface area contributed by atoms with E-state index in [2.05, 4.69) is 11.2 Å². The molecule has 1 aliphatic carbocycles. The molecular formula is C23H13Cl2NO4. The minimum atomic E-state index is -0.378. The zero-order valence-corrected chi connectivity index (χ0v) is 16.8. The SMILES string of the molecule is C#CCNC(=O)c1ccc(-c2c3cc(Cl)c(=O)cc-3oc3cc(O)c(Cl)cc23)cc1. The third kappa shape index (κ3) is 3.48. The van der Waals surface area contributed by atoms with Crippen LogP contribution in [0.1, 0.15) is 10.4 Å². The maximum Gasteiger partial charge on any atom is 0.252 e. The first kappa shape index (κ1) is 19.8. The molecule has 0 radical (unpaired) electrons. The summed E-state index contributed by atoms with van der Waals surface area (Å²) < 4.78 is 5.83. The smallest absolute Gasteiger partial charge is 0.252 e. The molecule has 5 nitrogen and oxygen atoms in total. The standard InChI is InChI=1S/C23H13Cl2NO4/c1-2-7-26-23(29)13-5-3-12(4-6-13)22-14-8-16(24)18(27)10-20(14)30-21-11-19(28)17(25)9-15(21)22/h1,3-6,8-11,27H,7H2,(H,26,29). The van der Waals surface area contributed by atoms with Gasteiger partial charge in [0.15, 0.2) is 0 Å². The lowest BCUT2D eigenvalue weighted by atomic mass is 9.93. The van der Waals surface area contributed by atoms with Gasteiger partial charge in [-0.1, -0.05) is 41.3 Å². The molecule has 2 aromatic rings. The van der Waals surface area contributed by atoms with E-state index in [0.29, 0.717) is 33.4 Å². The third-order valence-corrected chi connectivity index (χ3v) is 5.23. The molecule has 2 aliphatic rings. The highest BCUT2D eigenvalue weighted by Crippen LogP contribution is 2.43. The molecule has 0 atom stereocenters. The Morgan fingerprint density at radius 3 is 2.53 bits per heavy atom. The molecule has 4 rings (SSSR count). The number of fused-ring (bicyclic) bond motifs is 2. The van der Waals surface area contributed by atoms with Crippen LogP contribution >= 0.6 is 23.2 Å². The van der Waals surface area contributed by atoms with Gasteiger partial charge in [-0.2, -0.15) is 0 Å². The van der Waals surface area contributed by atoms with E-state index < -0.39 is 0 Å². The topological polar surface area (TPSA) is 79.5 Å². The molecule has 0 fully saturated rings. The molecule has 2 N–H and O–H groups in total. The summed E-state index contributed by atoms with van der Waals surface area (Å²) in [5.74, 6) is 2.23. The molecule has 1 aliphatic heterocycles. The number of phenols is 1. The zero-order valence-electron chi connectivity index (χ0n) is 15.3. The first-order valence-electron chi connectivity index (χ1n) is 8.79. The van der Waals surface area contributed by atoms with E-state index in [0.717, 1.165) is 5.56 Å². The summed E-state index contributed by atoms with van der Waals surface area (Å²) in [4.78, 5) is 24.1. The predicted octanol–water partition coefficient (Wildman–Crippen LogP) is 4.94. The van der Waals surface area contributed by atoms with E-state index in [1.54, 1.807) is 30.3 Å². The fourth-order valence-electron chi connectivity index (χ4n) is 3.23. The Hall–Kier alpha value is -3.46. The van der Waals surface area contributed by atoms with E-state index in [-0.39, 0.29) is 33.7 Å². The molecule has 7 heteroatoms. The second-order valence-corrected chi connectivity index (χ2v) is 7.33. The van der Waals surface area contributed by atoms with Gasteiger partial charge >= 0.3 is 0 Å². The molecule has 0 saturated heterocycles. The minimum absolute atomic E-state index is 0.0495. The number of halogens is 2. The van der Waals surface area contributed by atoms with Crippen LogP contribution in [0.3, 0.4) is 0 Å². The Bertz CT molecular complexity index is 1370. The number of aromatic hydroxyl groups is 1. The van der Waals surface area contributed by atoms with Crippen molar-refractivity contribution in [3.63, 3.8) is 0 Å². The largest absolute Gasteiger partial charge is 0.506 e. The fourth-order valence-corrected chi connectivity index (χ4v) is 3.56. The quantitative estimate of drug-likeness (QED) is 0.351. The first-order valence-corrected chi connectivity index (χ1v) is 9.55. The minimum Gasteiger partial charge on any atom is -0.506 e. The first-order chi connectivity index (χ1) is 14.4. The van der Waals surface area contributed by atoms with Gasteiger partial charge in [0, 0.05) is 34.2 Å². The predicted molar refractivity (Wildman–Crippen MR) is 117 cm³/mol. The van der Waals surface area contributed by atoms with Gasteiger partial charge < -0.3 is 14.8 Å². The number of phenolic OH excluding ortho intramolecular Hbond substituents is 1. The molecule has 0 unspecified atom stereocenters. The summed E-state index contributed by atoms with van der Waals surface area (Å²) in [7, 11) is 0. The number of rotatable bonds is 3. The summed E-state index contributed by atoms with van der Waals surface area (Å²) in [6.45, 7) is 0.133. The van der Waals surface area contributed by atoms with Gasteiger partial charge in [0.25, 0.3) is 5.91 Å². The molecule has 1 amide bonds. The number of carbonyl (C=O) groups is 1. The van der Waals surface area contributed by atoms with Crippen molar-refractivity contribution in [2.24, 2.45) is 0 Å². The number of carbonyl (C=O) groups excluding carboxylic acids is 1. The van der Waals surface area contributed by atoms with E-state index in [1.807, 2.05) is 0 Å². The lowest BCUT2D eigenvalue weighted by Gasteiger charge is -2.16. The number of amides is 1. The molecule has 2 aromatic carbocycles. The number of hydrogen-bond acceptors (Lipinski definition) is 4. The van der Waals surface area contributed by atoms with Crippen molar-refractivity contribution >= 4 is 40.1 Å². The Balaban J connectivity index is 1.97. The van der Waals surface area contributed by atoms with E-state index in [4.69, 9.17) is 34.0 Å². The van der Waals surface area contributed by atoms with Crippen molar-refractivity contribution in [1.82, 2.24) is 5.32 Å². The van der Waals surface area contributed by atoms with Crippen LogP contribution in [0.25, 0.3) is 33.4 Å². The van der Waals surface area contributed by atoms with Crippen LogP contribution in [-0.4, -0.2) is 17.6 Å². The molecule has 0 spiro atoms. The van der Waals surface area contributed by atoms with Crippen molar-refractivity contribution in [2.45, 2.75) is 0 Å². The second-order valence-electron chi connectivity index (χ2n) is 6.52. The fraction of sp³-hybridized carbons (Fsp3) is 0.0435. The van der Waals surface area contributed by atoms with Crippen LogP contribution in [-0.2, 0) is 0 Å². The maximum atomic E-state index is 12.1. The number of hydrogen-bond donors (Lipinski definition) is 2. The molecule has 0 aromatic heterocycles. The van der Waals surface area contributed by atoms with Crippen LogP contribution < -0.4 is 10.7 Å². The van der Waals surface area contributed by atoms with Gasteiger partial charge in [-0.05, 0) is 29.8 Å². The van der Waals surface area contributed by atoms with Gasteiger partial charge in [0.2, 0.25) is 5.43 Å². The lowest BCUT2D eigenvalue weighted by Crippen LogP contribution is -2.23. The highest BCUT2D eigenvalue weighted by molar-refractivity contribution is 6.33. The summed E-state index contributed by atoms with van der Waals surface area (Å²) in [5.41, 5.74) is 2.45. The van der Waals surface area contributed by atoms with Crippen LogP contribution in [0.15, 0.2) is 57.7 Å². The normalized spacial score (nSPS) is 10.8. The number of terminal acetylenes is 1. The average Bonchev–Trinajstić information content (AvgIpc) is 2.73. The molecule has 0 saturated carbocycles. The average molecular weight is 438 g/mol. The monoisotopic (exact) mass is 437 g/mol. The van der Waals surface area contributed by atoms with E-state index in [9.17, 15) is 14.7 Å². The summed E-state index contributed by atoms with van der Waals surface area (Å²) >= 11 is 12.2. The molecular weight excluding hydrogens is 425 g/mol. The van der Waals surface area contributed by atoms with Crippen molar-refractivity contribution in [3.05, 3.63) is 74.4 Å². The van der Waals surface area contributed by atoms with Gasteiger partial charge in [0.05, 0.1) is 16.6 Å². The van der Waals surface area contributed by atoms with Crippen molar-refractivity contribution < 1.29 is 14.3 Å². The van der Waals surface area contributed by atoms with Crippen molar-refractivity contribution in [3.8, 4) is 40.5 Å². The van der Waals surface area contributed by atoms with Gasteiger partial charge in [-0.3, -0.25) is 9.59 Å². The second kappa shape index (κ2) is 7.75. The Morgan fingerprint density at radius 2 is 1.83 bits per heavy atom. The molecule has 0 bridgehead atoms. The zero-order chi connectivity index (χ0) is 21.4. The Labute approximate surface area is 181 Å². The summed E-state index contributed by atoms with van der Waals surface area (Å²) in [6, 6.07) is 12.7. The molecule has 148 valence electrons. The highest BCUT2D eigenvalue weighted by Gasteiger charge is 2.20. The van der Waals surface area contributed by atoms with Crippen LogP contribution in [0, 0.1) is 12.3 Å². The van der Waals surface area contributed by atoms with Gasteiger partial charge in [-0.15, -0.1) is 6.42 Å². The number of benzene rings is 3.